The zero-order valence-corrected chi connectivity index (χ0v) is 11.7. The van der Waals surface area contributed by atoms with Gasteiger partial charge >= 0.3 is 0 Å². The molecular weight excluding hydrogens is 280 g/mol. The lowest BCUT2D eigenvalue weighted by Gasteiger charge is -2.07. The molecule has 0 heterocycles. The first-order chi connectivity index (χ1) is 8.08. The van der Waals surface area contributed by atoms with E-state index in [-0.39, 0.29) is 11.9 Å². The monoisotopic (exact) mass is 298 g/mol. The number of halogens is 1. The van der Waals surface area contributed by atoms with Crippen molar-refractivity contribution < 1.29 is 4.79 Å². The number of benzene rings is 1. The third-order valence-corrected chi connectivity index (χ3v) is 2.94. The summed E-state index contributed by atoms with van der Waals surface area (Å²) in [4.78, 5) is 11.5. The molecular formula is C13H19BrN2O. The minimum absolute atomic E-state index is 0.0885. The number of amides is 1. The van der Waals surface area contributed by atoms with Gasteiger partial charge in [0.1, 0.15) is 0 Å². The molecule has 3 nitrogen and oxygen atoms in total. The van der Waals surface area contributed by atoms with E-state index in [0.29, 0.717) is 13.0 Å². The van der Waals surface area contributed by atoms with Crippen LogP contribution in [0.25, 0.3) is 0 Å². The van der Waals surface area contributed by atoms with Crippen LogP contribution in [0, 0.1) is 0 Å². The molecule has 1 atom stereocenters. The lowest BCUT2D eigenvalue weighted by atomic mass is 10.1. The van der Waals surface area contributed by atoms with E-state index >= 15 is 0 Å². The highest BCUT2D eigenvalue weighted by Crippen LogP contribution is 2.12. The van der Waals surface area contributed by atoms with Crippen molar-refractivity contribution in [3.8, 4) is 0 Å². The van der Waals surface area contributed by atoms with E-state index in [4.69, 9.17) is 5.73 Å². The van der Waals surface area contributed by atoms with Crippen LogP contribution in [0.15, 0.2) is 28.7 Å². The summed E-state index contributed by atoms with van der Waals surface area (Å²) in [5.41, 5.74) is 6.77. The molecule has 0 saturated heterocycles. The van der Waals surface area contributed by atoms with Crippen molar-refractivity contribution in [2.75, 3.05) is 6.54 Å². The van der Waals surface area contributed by atoms with E-state index in [9.17, 15) is 4.79 Å². The second-order valence-electron chi connectivity index (χ2n) is 4.25. The Bertz CT molecular complexity index is 366. The predicted molar refractivity (Wildman–Crippen MR) is 73.7 cm³/mol. The maximum absolute atomic E-state index is 11.5. The van der Waals surface area contributed by atoms with E-state index in [1.807, 2.05) is 31.2 Å². The van der Waals surface area contributed by atoms with Crippen LogP contribution in [0.1, 0.15) is 25.3 Å². The van der Waals surface area contributed by atoms with E-state index in [0.717, 1.165) is 17.3 Å². The van der Waals surface area contributed by atoms with Gasteiger partial charge in [0.2, 0.25) is 5.91 Å². The van der Waals surface area contributed by atoms with Crippen LogP contribution in [0.4, 0.5) is 0 Å². The first-order valence-corrected chi connectivity index (χ1v) is 6.64. The summed E-state index contributed by atoms with van der Waals surface area (Å²) in [5.74, 6) is 0.0885. The highest BCUT2D eigenvalue weighted by Gasteiger charge is 2.02. The molecule has 1 amide bonds. The average Bonchev–Trinajstić information content (AvgIpc) is 2.26. The Balaban J connectivity index is 2.24. The number of hydrogen-bond acceptors (Lipinski definition) is 2. The molecule has 0 spiro atoms. The molecule has 0 aromatic heterocycles. The molecule has 17 heavy (non-hydrogen) atoms. The Hall–Kier alpha value is -0.870. The number of hydrogen-bond donors (Lipinski definition) is 2. The van der Waals surface area contributed by atoms with Gasteiger partial charge in [-0.25, -0.2) is 0 Å². The summed E-state index contributed by atoms with van der Waals surface area (Å²) in [6.45, 7) is 2.60. The number of carbonyl (C=O) groups is 1. The van der Waals surface area contributed by atoms with Crippen LogP contribution in [0.3, 0.4) is 0 Å². The van der Waals surface area contributed by atoms with Crippen molar-refractivity contribution in [3.63, 3.8) is 0 Å². The largest absolute Gasteiger partial charge is 0.356 e. The van der Waals surface area contributed by atoms with Crippen LogP contribution in [0.2, 0.25) is 0 Å². The third-order valence-electron chi connectivity index (χ3n) is 2.45. The zero-order valence-electron chi connectivity index (χ0n) is 10.1. The number of aryl methyl sites for hydroxylation is 1. The van der Waals surface area contributed by atoms with Crippen LogP contribution in [-0.2, 0) is 11.2 Å². The van der Waals surface area contributed by atoms with Crippen LogP contribution in [-0.4, -0.2) is 18.5 Å². The fourth-order valence-corrected chi connectivity index (χ4v) is 1.92. The number of rotatable bonds is 6. The molecule has 1 unspecified atom stereocenters. The fourth-order valence-electron chi connectivity index (χ4n) is 1.48. The Morgan fingerprint density at radius 1 is 1.53 bits per heavy atom. The zero-order chi connectivity index (χ0) is 12.7. The van der Waals surface area contributed by atoms with Crippen molar-refractivity contribution in [1.29, 1.82) is 0 Å². The molecule has 0 aliphatic rings. The normalized spacial score (nSPS) is 12.2. The predicted octanol–water partition coefficient (Wildman–Crippen LogP) is 2.24. The van der Waals surface area contributed by atoms with Crippen molar-refractivity contribution >= 4 is 21.8 Å². The first-order valence-electron chi connectivity index (χ1n) is 5.84. The summed E-state index contributed by atoms with van der Waals surface area (Å²) in [6, 6.07) is 8.16. The molecule has 4 heteroatoms. The first kappa shape index (κ1) is 14.2. The maximum Gasteiger partial charge on any atom is 0.220 e. The molecule has 1 aromatic rings. The second kappa shape index (κ2) is 7.45. The lowest BCUT2D eigenvalue weighted by Crippen LogP contribution is -2.29. The Kier molecular flexibility index (Phi) is 6.22. The molecule has 1 aromatic carbocycles. The molecule has 0 bridgehead atoms. The topological polar surface area (TPSA) is 55.1 Å². The van der Waals surface area contributed by atoms with Crippen LogP contribution < -0.4 is 11.1 Å². The highest BCUT2D eigenvalue weighted by molar-refractivity contribution is 9.10. The van der Waals surface area contributed by atoms with Crippen molar-refractivity contribution in [2.24, 2.45) is 5.73 Å². The third kappa shape index (κ3) is 6.44. The Morgan fingerprint density at radius 2 is 2.29 bits per heavy atom. The minimum Gasteiger partial charge on any atom is -0.356 e. The Morgan fingerprint density at radius 3 is 2.94 bits per heavy atom. The van der Waals surface area contributed by atoms with Crippen molar-refractivity contribution in [3.05, 3.63) is 34.3 Å². The molecule has 0 aliphatic carbocycles. The van der Waals surface area contributed by atoms with Gasteiger partial charge < -0.3 is 11.1 Å². The van der Waals surface area contributed by atoms with Gasteiger partial charge in [-0.2, -0.15) is 0 Å². The molecule has 3 N–H and O–H groups in total. The van der Waals surface area contributed by atoms with Gasteiger partial charge in [0.05, 0.1) is 0 Å². The van der Waals surface area contributed by atoms with Gasteiger partial charge in [0, 0.05) is 23.5 Å². The van der Waals surface area contributed by atoms with Gasteiger partial charge in [-0.15, -0.1) is 0 Å². The van der Waals surface area contributed by atoms with Gasteiger partial charge in [0.15, 0.2) is 0 Å². The molecule has 0 fully saturated rings. The average molecular weight is 299 g/mol. The fraction of sp³-hybridized carbons (Fsp3) is 0.462. The second-order valence-corrected chi connectivity index (χ2v) is 5.16. The van der Waals surface area contributed by atoms with Crippen molar-refractivity contribution in [1.82, 2.24) is 5.32 Å². The lowest BCUT2D eigenvalue weighted by molar-refractivity contribution is -0.121. The van der Waals surface area contributed by atoms with Gasteiger partial charge in [-0.1, -0.05) is 28.1 Å². The van der Waals surface area contributed by atoms with E-state index in [1.54, 1.807) is 0 Å². The number of nitrogens with two attached hydrogens (primary N) is 1. The summed E-state index contributed by atoms with van der Waals surface area (Å²) in [6.07, 6.45) is 2.11. The summed E-state index contributed by atoms with van der Waals surface area (Å²) < 4.78 is 1.05. The molecule has 0 radical (unpaired) electrons. The molecule has 1 rings (SSSR count). The molecule has 0 saturated carbocycles. The standard InChI is InChI=1S/C13H19BrN2O/c1-10(15)7-8-16-13(17)6-5-11-3-2-4-12(14)9-11/h2-4,9-10H,5-8,15H2,1H3,(H,16,17). The van der Waals surface area contributed by atoms with Gasteiger partial charge in [-0.3, -0.25) is 4.79 Å². The smallest absolute Gasteiger partial charge is 0.220 e. The Labute approximate surface area is 111 Å². The van der Waals surface area contributed by atoms with Crippen LogP contribution >= 0.6 is 15.9 Å². The SMILES string of the molecule is CC(N)CCNC(=O)CCc1cccc(Br)c1. The van der Waals surface area contributed by atoms with Crippen LogP contribution in [0.5, 0.6) is 0 Å². The van der Waals surface area contributed by atoms with E-state index < -0.39 is 0 Å². The molecule has 94 valence electrons. The van der Waals surface area contributed by atoms with Crippen molar-refractivity contribution in [2.45, 2.75) is 32.2 Å². The quantitative estimate of drug-likeness (QED) is 0.846. The van der Waals surface area contributed by atoms with E-state index in [2.05, 4.69) is 21.2 Å². The summed E-state index contributed by atoms with van der Waals surface area (Å²) in [7, 11) is 0. The summed E-state index contributed by atoms with van der Waals surface area (Å²) in [5, 5.41) is 2.87. The molecule has 0 aliphatic heterocycles. The number of carbonyl (C=O) groups excluding carboxylic acids is 1. The number of nitrogens with one attached hydrogen (secondary N) is 1. The summed E-state index contributed by atoms with van der Waals surface area (Å²) >= 11 is 3.41. The van der Waals surface area contributed by atoms with E-state index in [1.165, 1.54) is 5.56 Å². The van der Waals surface area contributed by atoms with Gasteiger partial charge in [0.25, 0.3) is 0 Å². The van der Waals surface area contributed by atoms with Gasteiger partial charge in [-0.05, 0) is 37.5 Å². The maximum atomic E-state index is 11.5. The highest BCUT2D eigenvalue weighted by atomic mass is 79.9. The minimum atomic E-state index is 0.0885.